The van der Waals surface area contributed by atoms with E-state index >= 15 is 0 Å². The van der Waals surface area contributed by atoms with Gasteiger partial charge in [-0.25, -0.2) is 0 Å². The maximum Gasteiger partial charge on any atom is 0.152 e. The van der Waals surface area contributed by atoms with E-state index in [0.717, 1.165) is 22.8 Å². The lowest BCUT2D eigenvalue weighted by atomic mass is 10.0. The van der Waals surface area contributed by atoms with Gasteiger partial charge in [-0.15, -0.1) is 0 Å². The summed E-state index contributed by atoms with van der Waals surface area (Å²) in [4.78, 5) is 22.0. The average Bonchev–Trinajstić information content (AvgIpc) is 2.42. The molecule has 0 bridgehead atoms. The molecule has 0 atom stereocenters. The van der Waals surface area contributed by atoms with Gasteiger partial charge in [-0.3, -0.25) is 4.79 Å². The third-order valence-corrected chi connectivity index (χ3v) is 3.20. The minimum Gasteiger partial charge on any atom is -0.300 e. The fourth-order valence-corrected chi connectivity index (χ4v) is 2.11. The molecule has 0 aliphatic rings. The maximum atomic E-state index is 11.0. The number of rotatable bonds is 5. The second-order valence-corrected chi connectivity index (χ2v) is 5.09. The largest absolute Gasteiger partial charge is 0.300 e. The molecule has 20 heavy (non-hydrogen) atoms. The number of ketones is 2. The topological polar surface area (TPSA) is 34.1 Å². The van der Waals surface area contributed by atoms with E-state index in [0.29, 0.717) is 6.42 Å². The highest BCUT2D eigenvalue weighted by atomic mass is 16.1. The predicted molar refractivity (Wildman–Crippen MR) is 82.7 cm³/mol. The van der Waals surface area contributed by atoms with Crippen LogP contribution < -0.4 is 0 Å². The van der Waals surface area contributed by atoms with E-state index < -0.39 is 0 Å². The molecule has 0 heterocycles. The van der Waals surface area contributed by atoms with Crippen molar-refractivity contribution < 1.29 is 9.59 Å². The second-order valence-electron chi connectivity index (χ2n) is 5.09. The van der Waals surface area contributed by atoms with Crippen LogP contribution in [-0.4, -0.2) is 11.6 Å². The Labute approximate surface area is 119 Å². The summed E-state index contributed by atoms with van der Waals surface area (Å²) in [7, 11) is 0. The highest BCUT2D eigenvalue weighted by Gasteiger charge is 2.00. The van der Waals surface area contributed by atoms with Crippen LogP contribution >= 0.6 is 0 Å². The third-order valence-electron chi connectivity index (χ3n) is 3.20. The Kier molecular flexibility index (Phi) is 4.46. The normalized spacial score (nSPS) is 11.1. The summed E-state index contributed by atoms with van der Waals surface area (Å²) in [6.07, 6.45) is 4.77. The van der Waals surface area contributed by atoms with E-state index in [2.05, 4.69) is 24.3 Å². The molecule has 2 rings (SSSR count). The van der Waals surface area contributed by atoms with Crippen LogP contribution in [0, 0.1) is 0 Å². The molecule has 0 saturated carbocycles. The highest BCUT2D eigenvalue weighted by Crippen LogP contribution is 2.19. The molecule has 0 amide bonds. The quantitative estimate of drug-likeness (QED) is 0.767. The van der Waals surface area contributed by atoms with Gasteiger partial charge < -0.3 is 4.79 Å². The van der Waals surface area contributed by atoms with Crippen molar-refractivity contribution in [1.82, 2.24) is 0 Å². The van der Waals surface area contributed by atoms with E-state index in [4.69, 9.17) is 0 Å². The smallest absolute Gasteiger partial charge is 0.152 e. The predicted octanol–water partition coefficient (Wildman–Crippen LogP) is 3.96. The van der Waals surface area contributed by atoms with Gasteiger partial charge in [0, 0.05) is 6.42 Å². The third kappa shape index (κ3) is 3.89. The first kappa shape index (κ1) is 14.2. The van der Waals surface area contributed by atoms with Crippen molar-refractivity contribution in [3.8, 4) is 0 Å². The summed E-state index contributed by atoms with van der Waals surface area (Å²) in [6, 6.07) is 12.4. The highest BCUT2D eigenvalue weighted by molar-refractivity contribution is 5.92. The van der Waals surface area contributed by atoms with Crippen LogP contribution in [0.25, 0.3) is 16.8 Å². The van der Waals surface area contributed by atoms with Crippen LogP contribution in [0.3, 0.4) is 0 Å². The van der Waals surface area contributed by atoms with Crippen LogP contribution in [-0.2, 0) is 16.0 Å². The Hall–Kier alpha value is -2.22. The molecular weight excluding hydrogens is 248 g/mol. The maximum absolute atomic E-state index is 11.0. The lowest BCUT2D eigenvalue weighted by Crippen LogP contribution is -1.93. The van der Waals surface area contributed by atoms with Gasteiger partial charge in [-0.1, -0.05) is 36.4 Å². The number of benzene rings is 2. The minimum atomic E-state index is 0.0460. The van der Waals surface area contributed by atoms with Crippen LogP contribution in [0.15, 0.2) is 42.5 Å². The number of allylic oxidation sites excluding steroid dienone is 1. The van der Waals surface area contributed by atoms with Gasteiger partial charge in [-0.2, -0.15) is 0 Å². The lowest BCUT2D eigenvalue weighted by molar-refractivity contribution is -0.117. The van der Waals surface area contributed by atoms with Crippen molar-refractivity contribution in [2.75, 3.05) is 0 Å². The number of carbonyl (C=O) groups excluding carboxylic acids is 2. The van der Waals surface area contributed by atoms with E-state index in [1.54, 1.807) is 19.9 Å². The van der Waals surface area contributed by atoms with Crippen LogP contribution in [0.4, 0.5) is 0 Å². The lowest BCUT2D eigenvalue weighted by Gasteiger charge is -2.04. The van der Waals surface area contributed by atoms with Crippen LogP contribution in [0.5, 0.6) is 0 Å². The SMILES string of the molecule is CC(=O)/C=C/c1ccc2cc(CCC(C)=O)ccc2c1. The number of Topliss-reactive ketones (excluding diaryl/α,β-unsaturated/α-hetero) is 1. The molecule has 2 aromatic carbocycles. The molecule has 2 heteroatoms. The van der Waals surface area contributed by atoms with Gasteiger partial charge in [0.15, 0.2) is 5.78 Å². The summed E-state index contributed by atoms with van der Waals surface area (Å²) in [6.45, 7) is 3.16. The average molecular weight is 266 g/mol. The van der Waals surface area contributed by atoms with Gasteiger partial charge in [0.05, 0.1) is 0 Å². The molecule has 2 aromatic rings. The molecule has 0 unspecified atom stereocenters. The second kappa shape index (κ2) is 6.29. The molecule has 0 aromatic heterocycles. The molecule has 2 nitrogen and oxygen atoms in total. The molecular formula is C18H18O2. The first-order chi connectivity index (χ1) is 9.54. The summed E-state index contributed by atoms with van der Waals surface area (Å²) >= 11 is 0. The number of hydrogen-bond acceptors (Lipinski definition) is 2. The molecule has 0 aliphatic heterocycles. The Bertz CT molecular complexity index is 681. The van der Waals surface area contributed by atoms with Crippen LogP contribution in [0.1, 0.15) is 31.4 Å². The van der Waals surface area contributed by atoms with Crippen molar-refractivity contribution in [3.05, 3.63) is 53.6 Å². The summed E-state index contributed by atoms with van der Waals surface area (Å²) in [5.74, 6) is 0.263. The van der Waals surface area contributed by atoms with Crippen LogP contribution in [0.2, 0.25) is 0 Å². The fourth-order valence-electron chi connectivity index (χ4n) is 2.11. The number of fused-ring (bicyclic) bond motifs is 1. The van der Waals surface area contributed by atoms with Crippen molar-refractivity contribution >= 4 is 28.4 Å². The summed E-state index contributed by atoms with van der Waals surface area (Å²) in [5, 5.41) is 2.30. The van der Waals surface area contributed by atoms with Gasteiger partial charge >= 0.3 is 0 Å². The zero-order chi connectivity index (χ0) is 14.5. The Morgan fingerprint density at radius 2 is 1.70 bits per heavy atom. The molecule has 0 fully saturated rings. The van der Waals surface area contributed by atoms with Gasteiger partial charge in [0.1, 0.15) is 5.78 Å². The molecule has 0 N–H and O–H groups in total. The molecule has 102 valence electrons. The molecule has 0 spiro atoms. The van der Waals surface area contributed by atoms with E-state index in [-0.39, 0.29) is 11.6 Å². The van der Waals surface area contributed by atoms with E-state index in [1.165, 1.54) is 5.56 Å². The first-order valence-corrected chi connectivity index (χ1v) is 6.75. The standard InChI is InChI=1S/C18H18O2/c1-13(19)3-5-15-7-9-18-12-16(6-4-14(2)20)8-10-17(18)11-15/h3,5,7-12H,4,6H2,1-2H3/b5-3+. The van der Waals surface area contributed by atoms with Crippen molar-refractivity contribution in [2.45, 2.75) is 26.7 Å². The first-order valence-electron chi connectivity index (χ1n) is 6.75. The van der Waals surface area contributed by atoms with Crippen molar-refractivity contribution in [2.24, 2.45) is 0 Å². The van der Waals surface area contributed by atoms with Gasteiger partial charge in [0.2, 0.25) is 0 Å². The zero-order valence-corrected chi connectivity index (χ0v) is 11.8. The minimum absolute atomic E-state index is 0.0460. The summed E-state index contributed by atoms with van der Waals surface area (Å²) in [5.41, 5.74) is 2.20. The van der Waals surface area contributed by atoms with Gasteiger partial charge in [-0.05, 0) is 54.3 Å². The number of aryl methyl sites for hydroxylation is 1. The summed E-state index contributed by atoms with van der Waals surface area (Å²) < 4.78 is 0. The van der Waals surface area contributed by atoms with Gasteiger partial charge in [0.25, 0.3) is 0 Å². The Morgan fingerprint density at radius 3 is 2.40 bits per heavy atom. The molecule has 0 aliphatic carbocycles. The Balaban J connectivity index is 2.25. The van der Waals surface area contributed by atoms with Crippen molar-refractivity contribution in [3.63, 3.8) is 0 Å². The number of carbonyl (C=O) groups is 2. The van der Waals surface area contributed by atoms with E-state index in [9.17, 15) is 9.59 Å². The van der Waals surface area contributed by atoms with E-state index in [1.807, 2.05) is 18.2 Å². The monoisotopic (exact) mass is 266 g/mol. The fraction of sp³-hybridized carbons (Fsp3) is 0.222. The molecule has 0 saturated heterocycles. The Morgan fingerprint density at radius 1 is 1.00 bits per heavy atom. The zero-order valence-electron chi connectivity index (χ0n) is 11.8. The van der Waals surface area contributed by atoms with Crippen molar-refractivity contribution in [1.29, 1.82) is 0 Å². The number of hydrogen-bond donors (Lipinski definition) is 0. The molecule has 0 radical (unpaired) electrons.